The molecule has 19 heavy (non-hydrogen) atoms. The zero-order valence-electron chi connectivity index (χ0n) is 11.6. The van der Waals surface area contributed by atoms with E-state index >= 15 is 0 Å². The summed E-state index contributed by atoms with van der Waals surface area (Å²) in [4.78, 5) is 11.9. The zero-order chi connectivity index (χ0) is 13.8. The van der Waals surface area contributed by atoms with Crippen molar-refractivity contribution in [1.82, 2.24) is 4.37 Å². The van der Waals surface area contributed by atoms with Gasteiger partial charge in [-0.3, -0.25) is 0 Å². The third kappa shape index (κ3) is 3.25. The molecule has 1 aromatic heterocycles. The van der Waals surface area contributed by atoms with Crippen LogP contribution in [-0.4, -0.2) is 36.2 Å². The van der Waals surface area contributed by atoms with Crippen molar-refractivity contribution < 1.29 is 14.3 Å². The average molecular weight is 284 g/mol. The Hall–Kier alpha value is -1.14. The number of aryl methyl sites for hydroxylation is 1. The molecule has 6 heteroatoms. The minimum Gasteiger partial charge on any atom is -0.462 e. The fraction of sp³-hybridized carbons (Fsp3) is 0.692. The molecule has 1 saturated heterocycles. The number of carbonyl (C=O) groups is 1. The highest BCUT2D eigenvalue weighted by atomic mass is 32.1. The molecule has 2 heterocycles. The zero-order valence-corrected chi connectivity index (χ0v) is 12.4. The topological polar surface area (TPSA) is 60.5 Å². The van der Waals surface area contributed by atoms with Gasteiger partial charge in [-0.15, -0.1) is 0 Å². The Kier molecular flexibility index (Phi) is 4.76. The van der Waals surface area contributed by atoms with Gasteiger partial charge in [0.15, 0.2) is 0 Å². The molecule has 1 aromatic rings. The van der Waals surface area contributed by atoms with Gasteiger partial charge < -0.3 is 14.8 Å². The molecule has 0 aliphatic carbocycles. The second-order valence-corrected chi connectivity index (χ2v) is 5.47. The lowest BCUT2D eigenvalue weighted by Gasteiger charge is -2.15. The number of carbonyl (C=O) groups excluding carboxylic acids is 1. The van der Waals surface area contributed by atoms with Crippen LogP contribution in [0, 0.1) is 12.8 Å². The molecule has 5 nitrogen and oxygen atoms in total. The van der Waals surface area contributed by atoms with Crippen LogP contribution in [0.2, 0.25) is 0 Å². The highest BCUT2D eigenvalue weighted by molar-refractivity contribution is 7.10. The van der Waals surface area contributed by atoms with Crippen LogP contribution in [-0.2, 0) is 9.47 Å². The molecule has 1 aliphatic rings. The molecule has 0 aromatic carbocycles. The maximum Gasteiger partial charge on any atom is 0.343 e. The molecule has 2 unspecified atom stereocenters. The number of hydrogen-bond donors (Lipinski definition) is 1. The van der Waals surface area contributed by atoms with E-state index < -0.39 is 0 Å². The second kappa shape index (κ2) is 6.34. The van der Waals surface area contributed by atoms with Crippen LogP contribution in [0.4, 0.5) is 5.00 Å². The number of nitrogens with zero attached hydrogens (tertiary/aromatic N) is 1. The molecule has 1 N–H and O–H groups in total. The van der Waals surface area contributed by atoms with E-state index in [1.807, 2.05) is 6.92 Å². The third-order valence-electron chi connectivity index (χ3n) is 3.40. The van der Waals surface area contributed by atoms with Crippen molar-refractivity contribution in [1.29, 1.82) is 0 Å². The smallest absolute Gasteiger partial charge is 0.343 e. The second-order valence-electron chi connectivity index (χ2n) is 4.70. The van der Waals surface area contributed by atoms with Crippen LogP contribution >= 0.6 is 11.5 Å². The van der Waals surface area contributed by atoms with E-state index in [0.717, 1.165) is 30.3 Å². The summed E-state index contributed by atoms with van der Waals surface area (Å²) in [7, 11) is 0. The monoisotopic (exact) mass is 284 g/mol. The Bertz CT molecular complexity index is 447. The summed E-state index contributed by atoms with van der Waals surface area (Å²) in [5.74, 6) is 0.185. The Morgan fingerprint density at radius 1 is 1.63 bits per heavy atom. The van der Waals surface area contributed by atoms with Crippen molar-refractivity contribution in [3.8, 4) is 0 Å². The van der Waals surface area contributed by atoms with E-state index in [1.54, 1.807) is 6.92 Å². The standard InChI is InChI=1S/C13H20N2O3S/c1-4-17-13(16)11-8(2)15-19-12(11)14-7-10-5-6-18-9(10)3/h9-10,14H,4-7H2,1-3H3. The summed E-state index contributed by atoms with van der Waals surface area (Å²) in [6.45, 7) is 7.71. The highest BCUT2D eigenvalue weighted by Gasteiger charge is 2.25. The largest absolute Gasteiger partial charge is 0.462 e. The van der Waals surface area contributed by atoms with Crippen molar-refractivity contribution in [2.24, 2.45) is 5.92 Å². The van der Waals surface area contributed by atoms with Gasteiger partial charge in [0.05, 0.1) is 18.4 Å². The van der Waals surface area contributed by atoms with Gasteiger partial charge in [-0.25, -0.2) is 4.79 Å². The quantitative estimate of drug-likeness (QED) is 0.842. The van der Waals surface area contributed by atoms with E-state index in [0.29, 0.717) is 18.1 Å². The normalized spacial score (nSPS) is 22.5. The summed E-state index contributed by atoms with van der Waals surface area (Å²) < 4.78 is 14.8. The molecule has 0 bridgehead atoms. The summed E-state index contributed by atoms with van der Waals surface area (Å²) >= 11 is 1.31. The number of rotatable bonds is 5. The van der Waals surface area contributed by atoms with Crippen molar-refractivity contribution in [3.05, 3.63) is 11.3 Å². The van der Waals surface area contributed by atoms with Crippen molar-refractivity contribution in [2.75, 3.05) is 25.1 Å². The summed E-state index contributed by atoms with van der Waals surface area (Å²) in [5, 5.41) is 4.12. The number of esters is 1. The predicted molar refractivity (Wildman–Crippen MR) is 74.8 cm³/mol. The van der Waals surface area contributed by atoms with Crippen molar-refractivity contribution >= 4 is 22.5 Å². The van der Waals surface area contributed by atoms with Crippen LogP contribution in [0.5, 0.6) is 0 Å². The molecule has 0 spiro atoms. The summed E-state index contributed by atoms with van der Waals surface area (Å²) in [5.41, 5.74) is 1.29. The molecule has 1 aliphatic heterocycles. The predicted octanol–water partition coefficient (Wildman–Crippen LogP) is 2.47. The Morgan fingerprint density at radius 2 is 2.42 bits per heavy atom. The fourth-order valence-corrected chi connectivity index (χ4v) is 2.99. The van der Waals surface area contributed by atoms with Crippen molar-refractivity contribution in [3.63, 3.8) is 0 Å². The molecule has 2 atom stereocenters. The number of ether oxygens (including phenoxy) is 2. The lowest BCUT2D eigenvalue weighted by atomic mass is 10.0. The van der Waals surface area contributed by atoms with Crippen LogP contribution in [0.15, 0.2) is 0 Å². The molecular weight excluding hydrogens is 264 g/mol. The molecule has 2 rings (SSSR count). The summed E-state index contributed by atoms with van der Waals surface area (Å²) in [6, 6.07) is 0. The fourth-order valence-electron chi connectivity index (χ4n) is 2.20. The van der Waals surface area contributed by atoms with Crippen LogP contribution in [0.25, 0.3) is 0 Å². The van der Waals surface area contributed by atoms with E-state index in [4.69, 9.17) is 9.47 Å². The van der Waals surface area contributed by atoms with Crippen LogP contribution in [0.1, 0.15) is 36.3 Å². The number of hydrogen-bond acceptors (Lipinski definition) is 6. The molecule has 1 fully saturated rings. The van der Waals surface area contributed by atoms with Gasteiger partial charge in [0.1, 0.15) is 10.6 Å². The molecule has 0 amide bonds. The molecule has 106 valence electrons. The molecular formula is C13H20N2O3S. The van der Waals surface area contributed by atoms with E-state index in [2.05, 4.69) is 16.6 Å². The Labute approximate surface area is 117 Å². The first-order chi connectivity index (χ1) is 9.13. The maximum atomic E-state index is 11.9. The van der Waals surface area contributed by atoms with Gasteiger partial charge in [-0.2, -0.15) is 4.37 Å². The maximum absolute atomic E-state index is 11.9. The molecule has 0 radical (unpaired) electrons. The number of nitrogens with one attached hydrogen (secondary N) is 1. The van der Waals surface area contributed by atoms with Gasteiger partial charge >= 0.3 is 5.97 Å². The lowest BCUT2D eigenvalue weighted by Crippen LogP contribution is -2.21. The van der Waals surface area contributed by atoms with E-state index in [1.165, 1.54) is 11.5 Å². The van der Waals surface area contributed by atoms with Gasteiger partial charge in [0.25, 0.3) is 0 Å². The van der Waals surface area contributed by atoms with Gasteiger partial charge in [0.2, 0.25) is 0 Å². The minimum atomic E-state index is -0.299. The summed E-state index contributed by atoms with van der Waals surface area (Å²) in [6.07, 6.45) is 1.33. The number of anilines is 1. The van der Waals surface area contributed by atoms with Crippen molar-refractivity contribution in [2.45, 2.75) is 33.3 Å². The third-order valence-corrected chi connectivity index (χ3v) is 4.30. The minimum absolute atomic E-state index is 0.271. The van der Waals surface area contributed by atoms with Gasteiger partial charge in [-0.1, -0.05) is 0 Å². The highest BCUT2D eigenvalue weighted by Crippen LogP contribution is 2.27. The van der Waals surface area contributed by atoms with E-state index in [9.17, 15) is 4.79 Å². The first-order valence-corrected chi connectivity index (χ1v) is 7.39. The lowest BCUT2D eigenvalue weighted by molar-refractivity contribution is 0.0527. The van der Waals surface area contributed by atoms with E-state index in [-0.39, 0.29) is 12.1 Å². The SMILES string of the molecule is CCOC(=O)c1c(C)nsc1NCC1CCOC1C. The van der Waals surface area contributed by atoms with Crippen LogP contribution < -0.4 is 5.32 Å². The first-order valence-electron chi connectivity index (χ1n) is 6.62. The van der Waals surface area contributed by atoms with Gasteiger partial charge in [-0.05, 0) is 38.7 Å². The van der Waals surface area contributed by atoms with Gasteiger partial charge in [0, 0.05) is 19.1 Å². The average Bonchev–Trinajstić information content (AvgIpc) is 2.93. The van der Waals surface area contributed by atoms with Crippen LogP contribution in [0.3, 0.4) is 0 Å². The number of aromatic nitrogens is 1. The Morgan fingerprint density at radius 3 is 3.05 bits per heavy atom. The first kappa shape index (κ1) is 14.3. The molecule has 0 saturated carbocycles. The Balaban J connectivity index is 2.02.